The van der Waals surface area contributed by atoms with E-state index >= 15 is 0 Å². The normalized spacial score (nSPS) is 7.92. The zero-order valence-electron chi connectivity index (χ0n) is 7.34. The molecule has 4 nitrogen and oxygen atoms in total. The van der Waals surface area contributed by atoms with Crippen molar-refractivity contribution in [3.8, 4) is 5.97 Å². The standard InChI is InChI=1S/C5H11NO2.CH3BN.Na/c1-5(2,3)8-4(6)7;2-1-3;/h1-3H3,(H2,6,7);2H3;/q;-1;+1. The molecule has 0 aromatic heterocycles. The van der Waals surface area contributed by atoms with E-state index in [1.54, 1.807) is 20.8 Å². The molecule has 0 aromatic rings. The van der Waals surface area contributed by atoms with Crippen molar-refractivity contribution in [3.63, 3.8) is 0 Å². The predicted molar refractivity (Wildman–Crippen MR) is 46.0 cm³/mol. The van der Waals surface area contributed by atoms with Gasteiger partial charge in [-0.15, -0.1) is 0 Å². The Labute approximate surface area is 96.1 Å². The summed E-state index contributed by atoms with van der Waals surface area (Å²) in [4.78, 5) is 10.0. The Balaban J connectivity index is -0.000000177. The number of primary amides is 1. The van der Waals surface area contributed by atoms with Crippen LogP contribution in [0, 0.1) is 11.2 Å². The Bertz CT molecular complexity index is 162. The molecule has 6 heteroatoms. The van der Waals surface area contributed by atoms with Crippen LogP contribution in [-0.4, -0.2) is 19.5 Å². The molecule has 0 aliphatic carbocycles. The molecule has 0 bridgehead atoms. The van der Waals surface area contributed by atoms with Crippen LogP contribution in [0.15, 0.2) is 0 Å². The topological polar surface area (TPSA) is 76.1 Å². The van der Waals surface area contributed by atoms with Gasteiger partial charge in [-0.25, -0.2) is 4.79 Å². The monoisotopic (exact) mass is 180 g/mol. The summed E-state index contributed by atoms with van der Waals surface area (Å²) in [5, 5.41) is 7.43. The van der Waals surface area contributed by atoms with E-state index in [1.807, 2.05) is 5.97 Å². The van der Waals surface area contributed by atoms with Gasteiger partial charge in [-0.05, 0) is 20.8 Å². The average molecular weight is 180 g/mol. The third-order valence-electron chi connectivity index (χ3n) is 0.407. The Kier molecular flexibility index (Phi) is 13.2. The summed E-state index contributed by atoms with van der Waals surface area (Å²) in [7, 11) is 0.0694. The molecule has 0 unspecified atom stereocenters. The Morgan fingerprint density at radius 2 is 1.83 bits per heavy atom. The molecule has 0 aromatic carbocycles. The van der Waals surface area contributed by atoms with Crippen LogP contribution in [0.5, 0.6) is 0 Å². The van der Waals surface area contributed by atoms with E-state index in [-0.39, 0.29) is 37.4 Å². The van der Waals surface area contributed by atoms with Crippen LogP contribution in [0.1, 0.15) is 20.8 Å². The molecule has 2 N–H and O–H groups in total. The summed E-state index contributed by atoms with van der Waals surface area (Å²) in [5.41, 5.74) is 4.26. The number of amides is 1. The minimum Gasteiger partial charge on any atom is -0.444 e. The molecular weight excluding hydrogens is 166 g/mol. The fourth-order valence-corrected chi connectivity index (χ4v) is 0.302. The molecule has 0 spiro atoms. The summed E-state index contributed by atoms with van der Waals surface area (Å²) in [6.07, 6.45) is -0.725. The first-order valence-electron chi connectivity index (χ1n) is 2.62. The van der Waals surface area contributed by atoms with E-state index in [4.69, 9.17) is 11.0 Å². The number of rotatable bonds is 0. The van der Waals surface area contributed by atoms with Crippen molar-refractivity contribution in [2.75, 3.05) is 0 Å². The van der Waals surface area contributed by atoms with Crippen LogP contribution in [0.4, 0.5) is 4.79 Å². The van der Waals surface area contributed by atoms with Crippen molar-refractivity contribution in [3.05, 3.63) is 0 Å². The molecule has 0 aliphatic heterocycles. The van der Waals surface area contributed by atoms with Gasteiger partial charge in [0.15, 0.2) is 0 Å². The van der Waals surface area contributed by atoms with Crippen LogP contribution >= 0.6 is 0 Å². The maximum Gasteiger partial charge on any atom is 1.00 e. The van der Waals surface area contributed by atoms with Gasteiger partial charge in [0.25, 0.3) is 0 Å². The molecule has 12 heavy (non-hydrogen) atoms. The first-order valence-corrected chi connectivity index (χ1v) is 2.62. The van der Waals surface area contributed by atoms with E-state index in [9.17, 15) is 4.79 Å². The van der Waals surface area contributed by atoms with E-state index in [0.29, 0.717) is 0 Å². The third-order valence-corrected chi connectivity index (χ3v) is 0.407. The van der Waals surface area contributed by atoms with Gasteiger partial charge < -0.3 is 10.5 Å². The van der Waals surface area contributed by atoms with Gasteiger partial charge in [0, 0.05) is 0 Å². The molecule has 64 valence electrons. The number of ether oxygens (including phenoxy) is 1. The van der Waals surface area contributed by atoms with Gasteiger partial charge in [-0.1, -0.05) is 0 Å². The van der Waals surface area contributed by atoms with Crippen LogP contribution in [0.3, 0.4) is 0 Å². The Hall–Kier alpha value is -0.175. The number of carbonyl (C=O) groups is 1. The molecule has 0 heterocycles. The second-order valence-corrected chi connectivity index (χ2v) is 2.53. The van der Waals surface area contributed by atoms with Crippen molar-refractivity contribution >= 4 is 13.9 Å². The van der Waals surface area contributed by atoms with Crippen LogP contribution in [0.2, 0.25) is 0 Å². The van der Waals surface area contributed by atoms with Gasteiger partial charge >= 0.3 is 35.7 Å². The summed E-state index contributed by atoms with van der Waals surface area (Å²) < 4.78 is 4.58. The number of hydrogen-bond acceptors (Lipinski definition) is 3. The van der Waals surface area contributed by atoms with E-state index in [2.05, 4.69) is 4.74 Å². The van der Waals surface area contributed by atoms with Gasteiger partial charge in [-0.2, -0.15) is 5.97 Å². The van der Waals surface area contributed by atoms with Gasteiger partial charge in [0.2, 0.25) is 0 Å². The second-order valence-electron chi connectivity index (χ2n) is 2.53. The molecule has 0 fully saturated rings. The summed E-state index contributed by atoms with van der Waals surface area (Å²) in [6.45, 7) is 5.28. The van der Waals surface area contributed by atoms with E-state index < -0.39 is 11.7 Å². The summed E-state index contributed by atoms with van der Waals surface area (Å²) in [6, 6.07) is 0. The first-order chi connectivity index (χ1) is 4.83. The fourth-order valence-electron chi connectivity index (χ4n) is 0.302. The Morgan fingerprint density at radius 3 is 1.83 bits per heavy atom. The molecule has 0 saturated heterocycles. The van der Waals surface area contributed by atoms with E-state index in [1.165, 1.54) is 0 Å². The largest absolute Gasteiger partial charge is 1.00 e. The fraction of sp³-hybridized carbons (Fsp3) is 0.667. The van der Waals surface area contributed by atoms with Gasteiger partial charge in [-0.3, -0.25) is 5.26 Å². The number of nitrogens with zero attached hydrogens (tertiary/aromatic N) is 1. The number of nitriles is 1. The van der Waals surface area contributed by atoms with Crippen molar-refractivity contribution in [2.45, 2.75) is 26.4 Å². The number of nitrogens with two attached hydrogens (primary N) is 1. The van der Waals surface area contributed by atoms with Crippen molar-refractivity contribution < 1.29 is 39.1 Å². The smallest absolute Gasteiger partial charge is 0.444 e. The first kappa shape index (κ1) is 17.8. The maximum absolute atomic E-state index is 10.0. The van der Waals surface area contributed by atoms with Gasteiger partial charge in [0.05, 0.1) is 7.85 Å². The maximum atomic E-state index is 10.0. The van der Waals surface area contributed by atoms with Gasteiger partial charge in [0.1, 0.15) is 5.60 Å². The predicted octanol–water partition coefficient (Wildman–Crippen LogP) is -3.28. The molecule has 1 amide bonds. The molecule has 0 saturated carbocycles. The summed E-state index contributed by atoms with van der Waals surface area (Å²) >= 11 is 0. The molecule has 0 atom stereocenters. The summed E-state index contributed by atoms with van der Waals surface area (Å²) in [5.74, 6) is 2.00. The van der Waals surface area contributed by atoms with Crippen molar-refractivity contribution in [1.29, 1.82) is 5.26 Å². The quantitative estimate of drug-likeness (QED) is 0.397. The zero-order chi connectivity index (χ0) is 9.49. The number of carbonyl (C=O) groups excluding carboxylic acids is 1. The molecule has 0 aliphatic rings. The molecular formula is C6H14BN2NaO2. The zero-order valence-corrected chi connectivity index (χ0v) is 9.34. The third kappa shape index (κ3) is 32.9. The SMILES string of the molecule is CC(C)(C)OC(N)=O.[BH3-]C#N.[Na+]. The van der Waals surface area contributed by atoms with Crippen molar-refractivity contribution in [2.24, 2.45) is 5.73 Å². The Morgan fingerprint density at radius 1 is 1.58 bits per heavy atom. The van der Waals surface area contributed by atoms with Crippen LogP contribution in [-0.2, 0) is 4.74 Å². The number of hydrogen-bond donors (Lipinski definition) is 1. The minimum absolute atomic E-state index is 0. The van der Waals surface area contributed by atoms with Crippen LogP contribution in [0.25, 0.3) is 0 Å². The van der Waals surface area contributed by atoms with Crippen LogP contribution < -0.4 is 35.3 Å². The average Bonchev–Trinajstić information content (AvgIpc) is 1.57. The van der Waals surface area contributed by atoms with E-state index in [0.717, 1.165) is 0 Å². The van der Waals surface area contributed by atoms with Crippen molar-refractivity contribution in [1.82, 2.24) is 0 Å². The molecule has 0 radical (unpaired) electrons. The molecule has 0 rings (SSSR count). The minimum atomic E-state index is -0.725. The second kappa shape index (κ2) is 8.92.